The first kappa shape index (κ1) is 20.6. The summed E-state index contributed by atoms with van der Waals surface area (Å²) in [6, 6.07) is 8.71. The lowest BCUT2D eigenvalue weighted by atomic mass is 9.68. The summed E-state index contributed by atoms with van der Waals surface area (Å²) in [5, 5.41) is 0. The highest BCUT2D eigenvalue weighted by molar-refractivity contribution is 5.90. The number of amides is 1. The Morgan fingerprint density at radius 1 is 0.769 bits per heavy atom. The fourth-order valence-electron chi connectivity index (χ4n) is 3.06. The summed E-state index contributed by atoms with van der Waals surface area (Å²) >= 11 is 0. The molecule has 0 N–H and O–H groups in total. The van der Waals surface area contributed by atoms with Crippen molar-refractivity contribution in [2.45, 2.75) is 23.4 Å². The number of carbonyl (C=O) groups is 1. The molecule has 2 fully saturated rings. The predicted molar refractivity (Wildman–Crippen MR) is 81.2 cm³/mol. The smallest absolute Gasteiger partial charge is 0.368 e. The Hall–Kier alpha value is -1.71. The molecule has 2 aliphatic rings. The van der Waals surface area contributed by atoms with Gasteiger partial charge in [-0.1, -0.05) is 18.2 Å². The van der Waals surface area contributed by atoms with Crippen molar-refractivity contribution in [3.63, 3.8) is 0 Å². The molecule has 0 unspecified atom stereocenters. The van der Waals surface area contributed by atoms with Crippen LogP contribution in [0, 0.1) is 0 Å². The van der Waals surface area contributed by atoms with Gasteiger partial charge in [-0.15, -0.1) is 12.4 Å². The SMILES string of the molecule is Cl.O=C(N1CCN(c2ccccc2)CC1)C1(F)C(F)(F)C(F)(F)C1(F)F. The molecule has 0 aromatic heterocycles. The van der Waals surface area contributed by atoms with E-state index in [1.807, 2.05) is 0 Å². The summed E-state index contributed by atoms with van der Waals surface area (Å²) in [6.45, 7) is -0.535. The first-order valence-electron chi connectivity index (χ1n) is 7.40. The van der Waals surface area contributed by atoms with Gasteiger partial charge in [0.1, 0.15) is 0 Å². The zero-order chi connectivity index (χ0) is 18.7. The minimum atomic E-state index is -5.91. The number of alkyl halides is 7. The van der Waals surface area contributed by atoms with E-state index in [1.54, 1.807) is 35.2 Å². The Balaban J connectivity index is 0.00000243. The van der Waals surface area contributed by atoms with Crippen molar-refractivity contribution in [3.8, 4) is 0 Å². The van der Waals surface area contributed by atoms with Crippen LogP contribution >= 0.6 is 12.4 Å². The van der Waals surface area contributed by atoms with Crippen LogP contribution in [0.4, 0.5) is 36.4 Å². The van der Waals surface area contributed by atoms with E-state index in [9.17, 15) is 35.5 Å². The standard InChI is InChI=1S/C15H13F7N2O.ClH/c16-12(13(17,18)15(21,22)14(12,19)20)11(25)24-8-6-23(7-9-24)10-4-2-1-3-5-10;/h1-5H,6-9H2;1H. The number of hydrogen-bond donors (Lipinski definition) is 0. The topological polar surface area (TPSA) is 23.6 Å². The third-order valence-corrected chi connectivity index (χ3v) is 4.64. The molecule has 1 amide bonds. The van der Waals surface area contributed by atoms with Crippen molar-refractivity contribution >= 4 is 24.0 Å². The molecule has 0 bridgehead atoms. The third kappa shape index (κ3) is 2.30. The molecule has 1 heterocycles. The van der Waals surface area contributed by atoms with Crippen LogP contribution in [0.2, 0.25) is 0 Å². The van der Waals surface area contributed by atoms with Gasteiger partial charge in [0.05, 0.1) is 0 Å². The third-order valence-electron chi connectivity index (χ3n) is 4.64. The maximum Gasteiger partial charge on any atom is 0.380 e. The van der Waals surface area contributed by atoms with Crippen molar-refractivity contribution in [2.24, 2.45) is 0 Å². The summed E-state index contributed by atoms with van der Waals surface area (Å²) < 4.78 is 93.3. The van der Waals surface area contributed by atoms with Crippen molar-refractivity contribution in [1.82, 2.24) is 4.90 Å². The molecule has 1 aliphatic carbocycles. The summed E-state index contributed by atoms with van der Waals surface area (Å²) in [5.74, 6) is -19.7. The van der Waals surface area contributed by atoms with Crippen LogP contribution in [0.5, 0.6) is 0 Å². The Bertz CT molecular complexity index is 660. The molecule has 0 spiro atoms. The van der Waals surface area contributed by atoms with Crippen molar-refractivity contribution in [2.75, 3.05) is 31.1 Å². The molecule has 146 valence electrons. The number of hydrogen-bond acceptors (Lipinski definition) is 2. The van der Waals surface area contributed by atoms with Crippen molar-refractivity contribution < 1.29 is 35.5 Å². The van der Waals surface area contributed by atoms with E-state index in [0.717, 1.165) is 5.69 Å². The van der Waals surface area contributed by atoms with Crippen LogP contribution in [0.15, 0.2) is 30.3 Å². The van der Waals surface area contributed by atoms with Crippen molar-refractivity contribution in [1.29, 1.82) is 0 Å². The first-order chi connectivity index (χ1) is 11.5. The van der Waals surface area contributed by atoms with Crippen LogP contribution in [0.1, 0.15) is 0 Å². The van der Waals surface area contributed by atoms with Gasteiger partial charge >= 0.3 is 23.4 Å². The number of piperazine rings is 1. The van der Waals surface area contributed by atoms with Gasteiger partial charge in [0, 0.05) is 31.9 Å². The molecule has 1 saturated heterocycles. The molecule has 3 nitrogen and oxygen atoms in total. The molecule has 1 aromatic carbocycles. The highest BCUT2D eigenvalue weighted by atomic mass is 35.5. The normalized spacial score (nSPS) is 25.0. The van der Waals surface area contributed by atoms with Crippen LogP contribution in [0.25, 0.3) is 0 Å². The summed E-state index contributed by atoms with van der Waals surface area (Å²) in [5.41, 5.74) is -4.49. The number of nitrogens with zero attached hydrogens (tertiary/aromatic N) is 2. The molecule has 26 heavy (non-hydrogen) atoms. The fourth-order valence-corrected chi connectivity index (χ4v) is 3.06. The molecule has 0 radical (unpaired) electrons. The molecule has 3 rings (SSSR count). The summed E-state index contributed by atoms with van der Waals surface area (Å²) in [6.07, 6.45) is 0. The average Bonchev–Trinajstić information content (AvgIpc) is 2.60. The summed E-state index contributed by atoms with van der Waals surface area (Å²) in [7, 11) is 0. The highest BCUT2D eigenvalue weighted by Gasteiger charge is 3.02. The van der Waals surface area contributed by atoms with Gasteiger partial charge in [0.15, 0.2) is 0 Å². The van der Waals surface area contributed by atoms with Gasteiger partial charge in [-0.3, -0.25) is 4.79 Å². The van der Waals surface area contributed by atoms with Crippen LogP contribution in [0.3, 0.4) is 0 Å². The second-order valence-corrected chi connectivity index (χ2v) is 6.00. The highest BCUT2D eigenvalue weighted by Crippen LogP contribution is 2.69. The minimum absolute atomic E-state index is 0. The van der Waals surface area contributed by atoms with Crippen molar-refractivity contribution in [3.05, 3.63) is 30.3 Å². The number of benzene rings is 1. The quantitative estimate of drug-likeness (QED) is 0.703. The number of rotatable bonds is 2. The van der Waals surface area contributed by atoms with E-state index in [2.05, 4.69) is 0 Å². The predicted octanol–water partition coefficient (Wildman–Crippen LogP) is 3.38. The molecule has 1 aromatic rings. The zero-order valence-corrected chi connectivity index (χ0v) is 13.9. The lowest BCUT2D eigenvalue weighted by Crippen LogP contribution is -2.88. The number of halogens is 8. The van der Waals surface area contributed by atoms with Gasteiger partial charge in [0.2, 0.25) is 0 Å². The van der Waals surface area contributed by atoms with Gasteiger partial charge in [-0.05, 0) is 12.1 Å². The van der Waals surface area contributed by atoms with E-state index in [1.165, 1.54) is 0 Å². The largest absolute Gasteiger partial charge is 0.380 e. The minimum Gasteiger partial charge on any atom is -0.368 e. The number of anilines is 1. The second kappa shape index (κ2) is 6.17. The van der Waals surface area contributed by atoms with E-state index in [-0.39, 0.29) is 38.6 Å². The van der Waals surface area contributed by atoms with E-state index < -0.39 is 29.3 Å². The van der Waals surface area contributed by atoms with Crippen LogP contribution in [-0.4, -0.2) is 60.4 Å². The van der Waals surface area contributed by atoms with Crippen LogP contribution in [-0.2, 0) is 4.79 Å². The lowest BCUT2D eigenvalue weighted by molar-refractivity contribution is -0.459. The van der Waals surface area contributed by atoms with Gasteiger partial charge in [-0.2, -0.15) is 26.3 Å². The monoisotopic (exact) mass is 406 g/mol. The first-order valence-corrected chi connectivity index (χ1v) is 7.40. The molecule has 1 aliphatic heterocycles. The Morgan fingerprint density at radius 3 is 1.69 bits per heavy atom. The zero-order valence-electron chi connectivity index (χ0n) is 13.1. The number of carbonyl (C=O) groups excluding carboxylic acids is 1. The molecular formula is C15H14ClF7N2O. The lowest BCUT2D eigenvalue weighted by Gasteiger charge is -2.54. The van der Waals surface area contributed by atoms with E-state index >= 15 is 0 Å². The van der Waals surface area contributed by atoms with E-state index in [0.29, 0.717) is 4.90 Å². The van der Waals surface area contributed by atoms with Gasteiger partial charge in [0.25, 0.3) is 5.91 Å². The van der Waals surface area contributed by atoms with Crippen LogP contribution < -0.4 is 4.90 Å². The molecule has 1 saturated carbocycles. The molecule has 11 heteroatoms. The second-order valence-electron chi connectivity index (χ2n) is 6.00. The maximum absolute atomic E-state index is 14.2. The molecule has 0 atom stereocenters. The van der Waals surface area contributed by atoms with E-state index in [4.69, 9.17) is 0 Å². The van der Waals surface area contributed by atoms with Gasteiger partial charge < -0.3 is 9.80 Å². The van der Waals surface area contributed by atoms with Gasteiger partial charge in [-0.25, -0.2) is 4.39 Å². The average molecular weight is 407 g/mol. The Labute approximate surface area is 150 Å². The Morgan fingerprint density at radius 2 is 1.23 bits per heavy atom. The maximum atomic E-state index is 14.2. The fraction of sp³-hybridized carbons (Fsp3) is 0.533. The molecular weight excluding hydrogens is 393 g/mol. The Kier molecular flexibility index (Phi) is 4.89. The summed E-state index contributed by atoms with van der Waals surface area (Å²) in [4.78, 5) is 14.1. The number of para-hydroxylation sites is 1.